The zero-order chi connectivity index (χ0) is 42.4. The van der Waals surface area contributed by atoms with Crippen LogP contribution in [0, 0.1) is 5.82 Å². The molecule has 2 heterocycles. The lowest BCUT2D eigenvalue weighted by Crippen LogP contribution is -2.43. The minimum atomic E-state index is -4.08. The number of nitrogens with one attached hydrogen (secondary N) is 2. The number of anilines is 1. The molecule has 0 saturated carbocycles. The molecule has 12 heteroatoms. The van der Waals surface area contributed by atoms with E-state index < -0.39 is 49.5 Å². The molecule has 4 atom stereocenters. The molecule has 306 valence electrons. The van der Waals surface area contributed by atoms with Crippen molar-refractivity contribution >= 4 is 30.9 Å². The van der Waals surface area contributed by atoms with Crippen LogP contribution in [0.5, 0.6) is 0 Å². The van der Waals surface area contributed by atoms with Crippen LogP contribution in [-0.4, -0.2) is 55.1 Å². The summed E-state index contributed by atoms with van der Waals surface area (Å²) >= 11 is 0. The largest absolute Gasteiger partial charge is 0.480 e. The summed E-state index contributed by atoms with van der Waals surface area (Å²) in [6.45, 7) is 7.85. The number of rotatable bonds is 14. The van der Waals surface area contributed by atoms with Crippen molar-refractivity contribution in [3.05, 3.63) is 203 Å². The summed E-state index contributed by atoms with van der Waals surface area (Å²) in [6.07, 6.45) is 1.52. The van der Waals surface area contributed by atoms with Crippen LogP contribution < -0.4 is 10.4 Å². The summed E-state index contributed by atoms with van der Waals surface area (Å²) in [7, 11) is -4.08. The highest BCUT2D eigenvalue weighted by molar-refractivity contribution is 7.57. The minimum absolute atomic E-state index is 0.0140. The number of nitrogens with zero attached hydrogens (tertiary/aromatic N) is 4. The fourth-order valence-corrected chi connectivity index (χ4v) is 11.7. The maximum Gasteiger partial charge on any atom is 0.330 e. The van der Waals surface area contributed by atoms with Gasteiger partial charge in [-0.25, -0.2) is 23.6 Å². The van der Waals surface area contributed by atoms with Gasteiger partial charge in [-0.1, -0.05) is 133 Å². The summed E-state index contributed by atoms with van der Waals surface area (Å²) in [6, 6.07) is 41.8. The van der Waals surface area contributed by atoms with Gasteiger partial charge in [0.05, 0.1) is 29.5 Å². The monoisotopic (exact) mass is 822 g/mol. The summed E-state index contributed by atoms with van der Waals surface area (Å²) in [5, 5.41) is 17.6. The summed E-state index contributed by atoms with van der Waals surface area (Å²) in [4.78, 5) is 36.5. The Bertz CT molecular complexity index is 2430. The van der Waals surface area contributed by atoms with Crippen LogP contribution in [0.15, 0.2) is 169 Å². The molecular weight excluding hydrogens is 775 g/mol. The predicted octanol–water partition coefficient (Wildman–Crippen LogP) is 10.1. The number of pyridine rings is 1. The quantitative estimate of drug-likeness (QED) is 0.0732. The van der Waals surface area contributed by atoms with Gasteiger partial charge in [0.1, 0.15) is 11.5 Å². The van der Waals surface area contributed by atoms with Crippen LogP contribution in [-0.2, 0) is 9.36 Å². The smallest absolute Gasteiger partial charge is 0.330 e. The Morgan fingerprint density at radius 3 is 1.75 bits per heavy atom. The first kappa shape index (κ1) is 42.0. The number of amides is 1. The average molecular weight is 823 g/mol. The van der Waals surface area contributed by atoms with Crippen LogP contribution >= 0.6 is 7.59 Å². The first-order valence-electron chi connectivity index (χ1n) is 20.0. The van der Waals surface area contributed by atoms with Crippen molar-refractivity contribution in [2.24, 2.45) is 4.99 Å². The van der Waals surface area contributed by atoms with E-state index in [4.69, 9.17) is 4.99 Å². The first-order valence-corrected chi connectivity index (χ1v) is 21.6. The van der Waals surface area contributed by atoms with Crippen molar-refractivity contribution in [1.82, 2.24) is 19.4 Å². The Labute approximate surface area is 350 Å². The summed E-state index contributed by atoms with van der Waals surface area (Å²) in [5.74, 6) is -2.53. The second-order valence-electron chi connectivity index (χ2n) is 15.2. The number of aliphatic carboxylic acids is 1. The lowest BCUT2D eigenvalue weighted by Gasteiger charge is -2.39. The number of carbonyl (C=O) groups excluding carboxylic acids is 1. The number of aliphatic imine (C=N–C) groups is 1. The maximum absolute atomic E-state index is 16.6. The van der Waals surface area contributed by atoms with Gasteiger partial charge in [-0.15, -0.1) is 0 Å². The Balaban J connectivity index is 1.44. The number of para-hydroxylation sites is 1. The van der Waals surface area contributed by atoms with Crippen molar-refractivity contribution in [2.75, 3.05) is 5.32 Å². The van der Waals surface area contributed by atoms with E-state index in [1.54, 1.807) is 72.8 Å². The number of hydrogen-bond acceptors (Lipinski definition) is 5. The minimum Gasteiger partial charge on any atom is -0.480 e. The van der Waals surface area contributed by atoms with Gasteiger partial charge >= 0.3 is 5.97 Å². The molecule has 0 aliphatic carbocycles. The molecule has 0 unspecified atom stereocenters. The molecule has 1 aliphatic rings. The highest BCUT2D eigenvalue weighted by Crippen LogP contribution is 2.70. The molecule has 5 aromatic carbocycles. The molecule has 1 amide bonds. The molecule has 0 spiro atoms. The SMILES string of the molecule is CC(C)N1[C@H](c2ccccc2)[C@@H](c2ccccc2)N(C(C)C)P1(=O)N[C@@H](c1ccccc1F)[C@@H](N=C(c1ccccc1)c1ccccc1NC(=O)c1ccccn1)C(=O)O. The van der Waals surface area contributed by atoms with Gasteiger partial charge in [-0.05, 0) is 63.1 Å². The maximum atomic E-state index is 16.6. The molecule has 3 N–H and O–H groups in total. The number of carboxylic acid groups (broad SMARTS) is 1. The molecule has 6 aromatic rings. The van der Waals surface area contributed by atoms with Crippen molar-refractivity contribution in [2.45, 2.75) is 63.9 Å². The van der Waals surface area contributed by atoms with Gasteiger partial charge in [0.25, 0.3) is 13.5 Å². The number of carboxylic acids is 1. The Morgan fingerprint density at radius 2 is 1.22 bits per heavy atom. The normalized spacial score (nSPS) is 18.0. The molecule has 10 nitrogen and oxygen atoms in total. The van der Waals surface area contributed by atoms with Crippen molar-refractivity contribution in [3.8, 4) is 0 Å². The highest BCUT2D eigenvalue weighted by atomic mass is 31.2. The Hall–Kier alpha value is -6.10. The van der Waals surface area contributed by atoms with Crippen LogP contribution in [0.1, 0.15) is 84.1 Å². The zero-order valence-corrected chi connectivity index (χ0v) is 34.7. The molecule has 1 aliphatic heterocycles. The second-order valence-corrected chi connectivity index (χ2v) is 17.4. The predicted molar refractivity (Wildman–Crippen MR) is 234 cm³/mol. The van der Waals surface area contributed by atoms with Gasteiger partial charge in [0.15, 0.2) is 6.04 Å². The van der Waals surface area contributed by atoms with E-state index in [1.165, 1.54) is 24.4 Å². The zero-order valence-electron chi connectivity index (χ0n) is 33.8. The van der Waals surface area contributed by atoms with Gasteiger partial charge in [-0.3, -0.25) is 19.3 Å². The van der Waals surface area contributed by atoms with Crippen LogP contribution in [0.25, 0.3) is 0 Å². The molecule has 1 fully saturated rings. The third kappa shape index (κ3) is 8.62. The van der Waals surface area contributed by atoms with Gasteiger partial charge in [-0.2, -0.15) is 0 Å². The molecule has 1 saturated heterocycles. The number of hydrogen-bond donors (Lipinski definition) is 3. The van der Waals surface area contributed by atoms with Crippen molar-refractivity contribution in [3.63, 3.8) is 0 Å². The number of halogens is 1. The fourth-order valence-electron chi connectivity index (χ4n) is 8.13. The van der Waals surface area contributed by atoms with E-state index in [2.05, 4.69) is 15.4 Å². The Kier molecular flexibility index (Phi) is 12.9. The third-order valence-corrected chi connectivity index (χ3v) is 13.9. The number of carbonyl (C=O) groups is 2. The van der Waals surface area contributed by atoms with Crippen LogP contribution in [0.2, 0.25) is 0 Å². The van der Waals surface area contributed by atoms with Crippen molar-refractivity contribution in [1.29, 1.82) is 0 Å². The Morgan fingerprint density at radius 1 is 0.700 bits per heavy atom. The topological polar surface area (TPSA) is 127 Å². The number of aromatic nitrogens is 1. The molecule has 1 aromatic heterocycles. The van der Waals surface area contributed by atoms with Gasteiger partial charge < -0.3 is 10.4 Å². The van der Waals surface area contributed by atoms with E-state index in [0.717, 1.165) is 11.1 Å². The lowest BCUT2D eigenvalue weighted by molar-refractivity contribution is -0.139. The fraction of sp³-hybridized carbons (Fsp3) is 0.208. The molecule has 0 bridgehead atoms. The second kappa shape index (κ2) is 18.4. The van der Waals surface area contributed by atoms with E-state index >= 15 is 8.96 Å². The molecule has 7 rings (SSSR count). The highest BCUT2D eigenvalue weighted by Gasteiger charge is 2.59. The first-order chi connectivity index (χ1) is 29.0. The molecule has 60 heavy (non-hydrogen) atoms. The molecular formula is C48H48FN6O4P. The van der Waals surface area contributed by atoms with E-state index in [-0.39, 0.29) is 29.1 Å². The number of benzene rings is 5. The molecule has 0 radical (unpaired) electrons. The lowest BCUT2D eigenvalue weighted by atomic mass is 9.92. The summed E-state index contributed by atoms with van der Waals surface area (Å²) < 4.78 is 36.8. The van der Waals surface area contributed by atoms with Crippen molar-refractivity contribution < 1.29 is 23.7 Å². The van der Waals surface area contributed by atoms with Gasteiger partial charge in [0, 0.05) is 35.0 Å². The van der Waals surface area contributed by atoms with Crippen LogP contribution in [0.3, 0.4) is 0 Å². The van der Waals surface area contributed by atoms with Crippen LogP contribution in [0.4, 0.5) is 10.1 Å². The summed E-state index contributed by atoms with van der Waals surface area (Å²) in [5.41, 5.74) is 3.56. The van der Waals surface area contributed by atoms with Gasteiger partial charge in [0.2, 0.25) is 0 Å². The standard InChI is InChI=1S/C48H48FN6O4P/c1-32(2)54-45(35-22-10-6-11-23-35)46(36-24-12-7-13-25-36)55(33(3)4)60(54,59)53-43(37-26-14-16-28-39(37)49)44(48(57)58)52-42(34-20-8-5-9-21-34)38-27-15-17-29-40(38)51-47(56)41-30-18-19-31-50-41/h5-33,43-46H,1-4H3,(H,51,56)(H,53,59)(H,57,58)/t43-,44+,45+,46+/m0/s1. The van der Waals surface area contributed by atoms with E-state index in [1.807, 2.05) is 104 Å². The average Bonchev–Trinajstić information content (AvgIpc) is 3.54. The van der Waals surface area contributed by atoms with E-state index in [0.29, 0.717) is 16.8 Å². The third-order valence-electron chi connectivity index (χ3n) is 10.6. The van der Waals surface area contributed by atoms with E-state index in [9.17, 15) is 14.7 Å².